The van der Waals surface area contributed by atoms with Crippen LogP contribution in [0, 0.1) is 0 Å². The molecular weight excluding hydrogens is 376 g/mol. The standard InChI is InChI=1S/C15H11BrN6S/c16-10-5-7-11(8-6-10)22-14(19-20-21-22)9-23-15-17-12-3-1-2-4-13(12)18-15/h1-8H,9H2,(H,17,18). The third kappa shape index (κ3) is 2.99. The minimum atomic E-state index is 0.628. The van der Waals surface area contributed by atoms with Crippen molar-refractivity contribution >= 4 is 38.7 Å². The Labute approximate surface area is 144 Å². The minimum absolute atomic E-state index is 0.628. The second kappa shape index (κ2) is 6.13. The Morgan fingerprint density at radius 1 is 1.09 bits per heavy atom. The lowest BCUT2D eigenvalue weighted by Gasteiger charge is -2.03. The highest BCUT2D eigenvalue weighted by Gasteiger charge is 2.10. The molecule has 4 rings (SSSR count). The van der Waals surface area contributed by atoms with Gasteiger partial charge in [0.15, 0.2) is 11.0 Å². The van der Waals surface area contributed by atoms with Crippen LogP contribution in [0.4, 0.5) is 0 Å². The molecule has 0 aliphatic rings. The maximum absolute atomic E-state index is 4.55. The summed E-state index contributed by atoms with van der Waals surface area (Å²) in [5.74, 6) is 1.40. The highest BCUT2D eigenvalue weighted by atomic mass is 79.9. The highest BCUT2D eigenvalue weighted by molar-refractivity contribution is 9.10. The molecule has 4 aromatic rings. The van der Waals surface area contributed by atoms with Gasteiger partial charge in [-0.25, -0.2) is 4.98 Å². The van der Waals surface area contributed by atoms with Gasteiger partial charge in [-0.1, -0.05) is 39.8 Å². The molecule has 0 amide bonds. The maximum Gasteiger partial charge on any atom is 0.167 e. The van der Waals surface area contributed by atoms with Crippen LogP contribution in [-0.4, -0.2) is 30.2 Å². The summed E-state index contributed by atoms with van der Waals surface area (Å²) >= 11 is 5.00. The van der Waals surface area contributed by atoms with E-state index >= 15 is 0 Å². The molecule has 2 aromatic carbocycles. The molecule has 1 N–H and O–H groups in total. The number of aromatic amines is 1. The SMILES string of the molecule is Brc1ccc(-n2nnnc2CSc2nc3ccccc3[nH]2)cc1. The number of nitrogens with zero attached hydrogens (tertiary/aromatic N) is 5. The van der Waals surface area contributed by atoms with Gasteiger partial charge in [-0.15, -0.1) is 5.10 Å². The predicted molar refractivity (Wildman–Crippen MR) is 92.5 cm³/mol. The number of H-pyrrole nitrogens is 1. The van der Waals surface area contributed by atoms with Crippen molar-refractivity contribution in [1.29, 1.82) is 0 Å². The number of rotatable bonds is 4. The molecule has 0 atom stereocenters. The van der Waals surface area contributed by atoms with E-state index in [2.05, 4.69) is 41.4 Å². The molecule has 0 spiro atoms. The third-order valence-corrected chi connectivity index (χ3v) is 4.71. The number of hydrogen-bond acceptors (Lipinski definition) is 5. The Balaban J connectivity index is 1.55. The van der Waals surface area contributed by atoms with Gasteiger partial charge in [0, 0.05) is 4.47 Å². The van der Waals surface area contributed by atoms with E-state index in [1.807, 2.05) is 48.5 Å². The van der Waals surface area contributed by atoms with Crippen molar-refractivity contribution in [3.05, 3.63) is 58.8 Å². The normalized spacial score (nSPS) is 11.2. The number of para-hydroxylation sites is 2. The van der Waals surface area contributed by atoms with Crippen molar-refractivity contribution in [3.63, 3.8) is 0 Å². The van der Waals surface area contributed by atoms with Crippen molar-refractivity contribution in [3.8, 4) is 5.69 Å². The fraction of sp³-hybridized carbons (Fsp3) is 0.0667. The quantitative estimate of drug-likeness (QED) is 0.542. The van der Waals surface area contributed by atoms with Crippen LogP contribution >= 0.6 is 27.7 Å². The summed E-state index contributed by atoms with van der Waals surface area (Å²) in [5.41, 5.74) is 2.92. The van der Waals surface area contributed by atoms with Crippen molar-refractivity contribution in [2.24, 2.45) is 0 Å². The first-order valence-corrected chi connectivity index (χ1v) is 8.68. The number of hydrogen-bond donors (Lipinski definition) is 1. The molecule has 0 unspecified atom stereocenters. The number of imidazole rings is 1. The van der Waals surface area contributed by atoms with E-state index in [-0.39, 0.29) is 0 Å². The van der Waals surface area contributed by atoms with Gasteiger partial charge < -0.3 is 4.98 Å². The average molecular weight is 387 g/mol. The van der Waals surface area contributed by atoms with E-state index in [0.717, 1.165) is 32.2 Å². The molecular formula is C15H11BrN6S. The van der Waals surface area contributed by atoms with E-state index in [4.69, 9.17) is 0 Å². The number of halogens is 1. The summed E-state index contributed by atoms with van der Waals surface area (Å²) in [4.78, 5) is 7.84. The maximum atomic E-state index is 4.55. The molecule has 0 aliphatic carbocycles. The Morgan fingerprint density at radius 3 is 2.74 bits per heavy atom. The second-order valence-electron chi connectivity index (χ2n) is 4.83. The average Bonchev–Trinajstić information content (AvgIpc) is 3.19. The van der Waals surface area contributed by atoms with Gasteiger partial charge in [0.1, 0.15) is 0 Å². The van der Waals surface area contributed by atoms with E-state index < -0.39 is 0 Å². The number of benzene rings is 2. The van der Waals surface area contributed by atoms with Crippen LogP contribution in [0.3, 0.4) is 0 Å². The topological polar surface area (TPSA) is 72.3 Å². The van der Waals surface area contributed by atoms with E-state index in [9.17, 15) is 0 Å². The number of nitrogens with one attached hydrogen (secondary N) is 1. The van der Waals surface area contributed by atoms with Crippen LogP contribution in [0.1, 0.15) is 5.82 Å². The smallest absolute Gasteiger partial charge is 0.167 e. The summed E-state index contributed by atoms with van der Waals surface area (Å²) < 4.78 is 2.76. The van der Waals surface area contributed by atoms with Gasteiger partial charge in [-0.3, -0.25) is 0 Å². The summed E-state index contributed by atoms with van der Waals surface area (Å²) in [7, 11) is 0. The summed E-state index contributed by atoms with van der Waals surface area (Å²) in [6.07, 6.45) is 0. The molecule has 2 aromatic heterocycles. The van der Waals surface area contributed by atoms with E-state index in [1.54, 1.807) is 16.4 Å². The molecule has 2 heterocycles. The van der Waals surface area contributed by atoms with Crippen molar-refractivity contribution in [2.75, 3.05) is 0 Å². The molecule has 0 aliphatic heterocycles. The van der Waals surface area contributed by atoms with Crippen molar-refractivity contribution in [2.45, 2.75) is 10.9 Å². The first kappa shape index (κ1) is 14.4. The predicted octanol–water partition coefficient (Wildman–Crippen LogP) is 3.59. The van der Waals surface area contributed by atoms with Crippen LogP contribution in [0.5, 0.6) is 0 Å². The number of thioether (sulfide) groups is 1. The van der Waals surface area contributed by atoms with Gasteiger partial charge in [0.25, 0.3) is 0 Å². The molecule has 114 valence electrons. The fourth-order valence-electron chi connectivity index (χ4n) is 2.21. The van der Waals surface area contributed by atoms with Crippen LogP contribution < -0.4 is 0 Å². The van der Waals surface area contributed by atoms with Crippen LogP contribution in [-0.2, 0) is 5.75 Å². The Morgan fingerprint density at radius 2 is 1.91 bits per heavy atom. The van der Waals surface area contributed by atoms with Gasteiger partial charge >= 0.3 is 0 Å². The Kier molecular flexibility index (Phi) is 3.84. The Bertz CT molecular complexity index is 913. The van der Waals surface area contributed by atoms with Gasteiger partial charge in [-0.2, -0.15) is 4.68 Å². The van der Waals surface area contributed by atoms with Gasteiger partial charge in [-0.05, 0) is 46.8 Å². The summed E-state index contributed by atoms with van der Waals surface area (Å²) in [5, 5.41) is 12.8. The monoisotopic (exact) mass is 386 g/mol. The third-order valence-electron chi connectivity index (χ3n) is 3.31. The van der Waals surface area contributed by atoms with Crippen molar-refractivity contribution < 1.29 is 0 Å². The lowest BCUT2D eigenvalue weighted by Crippen LogP contribution is -2.02. The number of tetrazole rings is 1. The molecule has 23 heavy (non-hydrogen) atoms. The molecule has 0 radical (unpaired) electrons. The van der Waals surface area contributed by atoms with Crippen LogP contribution in [0.25, 0.3) is 16.7 Å². The summed E-state index contributed by atoms with van der Waals surface area (Å²) in [6.45, 7) is 0. The first-order chi connectivity index (χ1) is 11.3. The zero-order chi connectivity index (χ0) is 15.6. The zero-order valence-corrected chi connectivity index (χ0v) is 14.3. The molecule has 0 fully saturated rings. The van der Waals surface area contributed by atoms with Crippen LogP contribution in [0.15, 0.2) is 58.2 Å². The van der Waals surface area contributed by atoms with Gasteiger partial charge in [0.2, 0.25) is 0 Å². The lowest BCUT2D eigenvalue weighted by molar-refractivity contribution is 0.777. The molecule has 0 saturated carbocycles. The first-order valence-electron chi connectivity index (χ1n) is 6.90. The highest BCUT2D eigenvalue weighted by Crippen LogP contribution is 2.23. The molecule has 6 nitrogen and oxygen atoms in total. The second-order valence-corrected chi connectivity index (χ2v) is 6.71. The fourth-order valence-corrected chi connectivity index (χ4v) is 3.26. The Hall–Kier alpha value is -2.19. The largest absolute Gasteiger partial charge is 0.333 e. The zero-order valence-electron chi connectivity index (χ0n) is 11.8. The molecule has 8 heteroatoms. The van der Waals surface area contributed by atoms with E-state index in [1.165, 1.54) is 0 Å². The lowest BCUT2D eigenvalue weighted by atomic mass is 10.3. The van der Waals surface area contributed by atoms with Crippen LogP contribution in [0.2, 0.25) is 0 Å². The molecule has 0 bridgehead atoms. The minimum Gasteiger partial charge on any atom is -0.333 e. The molecule has 0 saturated heterocycles. The summed E-state index contributed by atoms with van der Waals surface area (Å²) in [6, 6.07) is 15.8. The number of fused-ring (bicyclic) bond motifs is 1. The van der Waals surface area contributed by atoms with Crippen molar-refractivity contribution in [1.82, 2.24) is 30.2 Å². The van der Waals surface area contributed by atoms with Gasteiger partial charge in [0.05, 0.1) is 22.5 Å². The van der Waals surface area contributed by atoms with E-state index in [0.29, 0.717) is 5.75 Å². The number of aromatic nitrogens is 6.